The van der Waals surface area contributed by atoms with Gasteiger partial charge in [-0.1, -0.05) is 18.2 Å². The number of hydrogen-bond donors (Lipinski definition) is 4. The van der Waals surface area contributed by atoms with Crippen molar-refractivity contribution in [3.63, 3.8) is 0 Å². The van der Waals surface area contributed by atoms with E-state index >= 15 is 0 Å². The summed E-state index contributed by atoms with van der Waals surface area (Å²) in [5.41, 5.74) is 1.67. The molecule has 2 aromatic rings. The summed E-state index contributed by atoms with van der Waals surface area (Å²) >= 11 is 0. The van der Waals surface area contributed by atoms with Gasteiger partial charge in [-0.05, 0) is 30.2 Å². The van der Waals surface area contributed by atoms with Crippen molar-refractivity contribution >= 4 is 17.3 Å². The van der Waals surface area contributed by atoms with Crippen LogP contribution in [0.1, 0.15) is 13.4 Å². The van der Waals surface area contributed by atoms with Crippen LogP contribution in [0, 0.1) is 0 Å². The normalized spacial score (nSPS) is 9.71. The van der Waals surface area contributed by atoms with Gasteiger partial charge in [0.15, 0.2) is 0 Å². The van der Waals surface area contributed by atoms with E-state index in [1.54, 1.807) is 36.4 Å². The molecule has 21 heavy (non-hydrogen) atoms. The fourth-order valence-electron chi connectivity index (χ4n) is 1.87. The summed E-state index contributed by atoms with van der Waals surface area (Å²) in [6, 6.07) is 11.6. The SMILES string of the molecule is O=C(O)CCc1cccc(Nc2cccc(O)c2)c1O.[H-].[Na+]. The number of aryl methyl sites for hydroxylation is 1. The Morgan fingerprint density at radius 2 is 1.86 bits per heavy atom. The molecular formula is C15H16NNaO4. The Bertz CT molecular complexity index is 637. The quantitative estimate of drug-likeness (QED) is 0.460. The molecule has 0 aliphatic carbocycles. The van der Waals surface area contributed by atoms with Crippen molar-refractivity contribution in [2.75, 3.05) is 5.32 Å². The van der Waals surface area contributed by atoms with Gasteiger partial charge in [0.05, 0.1) is 5.69 Å². The zero-order valence-corrected chi connectivity index (χ0v) is 13.7. The van der Waals surface area contributed by atoms with Crippen LogP contribution in [-0.2, 0) is 11.2 Å². The Hall–Kier alpha value is -1.69. The van der Waals surface area contributed by atoms with Crippen LogP contribution in [0.4, 0.5) is 11.4 Å². The zero-order chi connectivity index (χ0) is 14.5. The van der Waals surface area contributed by atoms with Crippen LogP contribution in [0.3, 0.4) is 0 Å². The van der Waals surface area contributed by atoms with Gasteiger partial charge in [0.1, 0.15) is 11.5 Å². The summed E-state index contributed by atoms with van der Waals surface area (Å²) in [5, 5.41) is 31.2. The van der Waals surface area contributed by atoms with Gasteiger partial charge in [-0.15, -0.1) is 0 Å². The first-order valence-electron chi connectivity index (χ1n) is 6.15. The minimum atomic E-state index is -0.907. The Balaban J connectivity index is 0.00000220. The van der Waals surface area contributed by atoms with Gasteiger partial charge in [0, 0.05) is 18.2 Å². The van der Waals surface area contributed by atoms with Gasteiger partial charge in [0.2, 0.25) is 0 Å². The third-order valence-corrected chi connectivity index (χ3v) is 2.85. The minimum Gasteiger partial charge on any atom is -1.00 e. The molecule has 0 fully saturated rings. The van der Waals surface area contributed by atoms with Gasteiger partial charge >= 0.3 is 35.5 Å². The largest absolute Gasteiger partial charge is 1.00 e. The first-order chi connectivity index (χ1) is 9.56. The Labute approximate surface area is 146 Å². The molecule has 2 aromatic carbocycles. The third-order valence-electron chi connectivity index (χ3n) is 2.85. The monoisotopic (exact) mass is 297 g/mol. The molecule has 6 heteroatoms. The average Bonchev–Trinajstić information content (AvgIpc) is 2.40. The van der Waals surface area contributed by atoms with Crippen molar-refractivity contribution < 1.29 is 51.1 Å². The number of carbonyl (C=O) groups is 1. The zero-order valence-electron chi connectivity index (χ0n) is 12.7. The second kappa shape index (κ2) is 7.93. The van der Waals surface area contributed by atoms with E-state index in [0.717, 1.165) is 0 Å². The number of anilines is 2. The number of nitrogens with one attached hydrogen (secondary N) is 1. The molecule has 0 radical (unpaired) electrons. The number of phenolic OH excluding ortho intramolecular Hbond substituents is 2. The molecule has 0 unspecified atom stereocenters. The fourth-order valence-corrected chi connectivity index (χ4v) is 1.87. The number of carboxylic acid groups (broad SMARTS) is 1. The van der Waals surface area contributed by atoms with E-state index in [0.29, 0.717) is 16.9 Å². The molecule has 0 heterocycles. The Morgan fingerprint density at radius 3 is 2.52 bits per heavy atom. The van der Waals surface area contributed by atoms with Gasteiger partial charge < -0.3 is 22.1 Å². The Kier molecular flexibility index (Phi) is 6.55. The predicted octanol–water partition coefficient (Wildman–Crippen LogP) is -0.0249. The van der Waals surface area contributed by atoms with Gasteiger partial charge in [-0.25, -0.2) is 0 Å². The average molecular weight is 297 g/mol. The van der Waals surface area contributed by atoms with Crippen LogP contribution in [0.25, 0.3) is 0 Å². The van der Waals surface area contributed by atoms with Crippen molar-refractivity contribution in [1.29, 1.82) is 0 Å². The van der Waals surface area contributed by atoms with Crippen molar-refractivity contribution in [3.8, 4) is 11.5 Å². The molecule has 4 N–H and O–H groups in total. The minimum absolute atomic E-state index is 0. The molecule has 0 atom stereocenters. The summed E-state index contributed by atoms with van der Waals surface area (Å²) in [5.74, 6) is -0.760. The van der Waals surface area contributed by atoms with E-state index in [1.165, 1.54) is 6.07 Å². The van der Waals surface area contributed by atoms with Crippen molar-refractivity contribution in [2.24, 2.45) is 0 Å². The van der Waals surface area contributed by atoms with E-state index in [1.807, 2.05) is 0 Å². The van der Waals surface area contributed by atoms with E-state index in [-0.39, 0.29) is 55.3 Å². The van der Waals surface area contributed by atoms with Crippen LogP contribution >= 0.6 is 0 Å². The van der Waals surface area contributed by atoms with Crippen molar-refractivity contribution in [2.45, 2.75) is 12.8 Å². The molecule has 0 aromatic heterocycles. The van der Waals surface area contributed by atoms with Crippen LogP contribution in [-0.4, -0.2) is 21.3 Å². The number of aromatic hydroxyl groups is 2. The molecule has 0 bridgehead atoms. The first kappa shape index (κ1) is 17.4. The standard InChI is InChI=1S/C15H15NO4.Na.H/c17-12-5-2-4-11(9-12)16-13-6-1-3-10(15(13)20)7-8-14(18)19;;/h1-6,9,16-17,20H,7-8H2,(H,18,19);;/q;+1;-1. The maximum Gasteiger partial charge on any atom is 1.00 e. The van der Waals surface area contributed by atoms with Gasteiger partial charge in [0.25, 0.3) is 0 Å². The van der Waals surface area contributed by atoms with Crippen LogP contribution < -0.4 is 34.9 Å². The van der Waals surface area contributed by atoms with E-state index in [4.69, 9.17) is 5.11 Å². The number of benzene rings is 2. The van der Waals surface area contributed by atoms with Crippen LogP contribution in [0.2, 0.25) is 0 Å². The fraction of sp³-hybridized carbons (Fsp3) is 0.133. The number of hydrogen-bond acceptors (Lipinski definition) is 4. The molecular weight excluding hydrogens is 281 g/mol. The first-order valence-corrected chi connectivity index (χ1v) is 6.15. The number of para-hydroxylation sites is 1. The summed E-state index contributed by atoms with van der Waals surface area (Å²) < 4.78 is 0. The predicted molar refractivity (Wildman–Crippen MR) is 76.6 cm³/mol. The number of carboxylic acids is 1. The number of phenols is 2. The van der Waals surface area contributed by atoms with Crippen molar-refractivity contribution in [1.82, 2.24) is 0 Å². The second-order valence-corrected chi connectivity index (χ2v) is 4.38. The van der Waals surface area contributed by atoms with Crippen LogP contribution in [0.5, 0.6) is 11.5 Å². The maximum atomic E-state index is 10.6. The number of aliphatic carboxylic acids is 1. The summed E-state index contributed by atoms with van der Waals surface area (Å²) in [7, 11) is 0. The molecule has 2 rings (SSSR count). The van der Waals surface area contributed by atoms with E-state index in [9.17, 15) is 15.0 Å². The second-order valence-electron chi connectivity index (χ2n) is 4.38. The topological polar surface area (TPSA) is 89.8 Å². The molecule has 5 nitrogen and oxygen atoms in total. The summed E-state index contributed by atoms with van der Waals surface area (Å²) in [4.78, 5) is 10.6. The van der Waals surface area contributed by atoms with E-state index < -0.39 is 5.97 Å². The Morgan fingerprint density at radius 1 is 1.14 bits per heavy atom. The smallest absolute Gasteiger partial charge is 1.00 e. The third kappa shape index (κ3) is 4.97. The molecule has 0 amide bonds. The molecule has 106 valence electrons. The molecule has 0 saturated carbocycles. The van der Waals surface area contributed by atoms with Gasteiger partial charge in [-0.2, -0.15) is 0 Å². The molecule has 0 spiro atoms. The molecule has 0 aliphatic rings. The van der Waals surface area contributed by atoms with Gasteiger partial charge in [-0.3, -0.25) is 4.79 Å². The summed E-state index contributed by atoms with van der Waals surface area (Å²) in [6.45, 7) is 0. The molecule has 0 aliphatic heterocycles. The summed E-state index contributed by atoms with van der Waals surface area (Å²) in [6.07, 6.45) is 0.222. The maximum absolute atomic E-state index is 10.6. The van der Waals surface area contributed by atoms with Crippen LogP contribution in [0.15, 0.2) is 42.5 Å². The molecule has 0 saturated heterocycles. The van der Waals surface area contributed by atoms with Crippen molar-refractivity contribution in [3.05, 3.63) is 48.0 Å². The van der Waals surface area contributed by atoms with E-state index in [2.05, 4.69) is 5.32 Å². The number of rotatable bonds is 5.